The molecule has 1 aromatic carbocycles. The highest BCUT2D eigenvalue weighted by molar-refractivity contribution is 5.87. The molecule has 4 N–H and O–H groups in total. The molecule has 84 valence electrons. The van der Waals surface area contributed by atoms with E-state index in [1.807, 2.05) is 23.6 Å². The van der Waals surface area contributed by atoms with Crippen molar-refractivity contribution in [1.29, 1.82) is 0 Å². The van der Waals surface area contributed by atoms with Crippen molar-refractivity contribution in [3.63, 3.8) is 0 Å². The molecule has 0 saturated heterocycles. The van der Waals surface area contributed by atoms with E-state index in [9.17, 15) is 9.59 Å². The second kappa shape index (κ2) is 4.09. The van der Waals surface area contributed by atoms with Gasteiger partial charge in [-0.3, -0.25) is 10.2 Å². The predicted molar refractivity (Wildman–Crippen MR) is 55.5 cm³/mol. The first kappa shape index (κ1) is 10.3. The normalized spacial score (nSPS) is 17.1. The third kappa shape index (κ3) is 1.90. The Balaban J connectivity index is 2.07. The summed E-state index contributed by atoms with van der Waals surface area (Å²) in [5.74, 6) is -0.0616. The zero-order valence-corrected chi connectivity index (χ0v) is 8.40. The fourth-order valence-corrected chi connectivity index (χ4v) is 1.59. The molecular formula is C10H11N3O3. The third-order valence-corrected chi connectivity index (χ3v) is 2.33. The Morgan fingerprint density at radius 1 is 1.31 bits per heavy atom. The SMILES string of the molecule is NC(=O)NNC(=O)C1COc2ccccc21. The van der Waals surface area contributed by atoms with Gasteiger partial charge in [0.15, 0.2) is 0 Å². The second-order valence-corrected chi connectivity index (χ2v) is 3.38. The summed E-state index contributed by atoms with van der Waals surface area (Å²) in [5.41, 5.74) is 9.91. The van der Waals surface area contributed by atoms with Gasteiger partial charge in [0.05, 0.1) is 0 Å². The van der Waals surface area contributed by atoms with Crippen LogP contribution >= 0.6 is 0 Å². The van der Waals surface area contributed by atoms with Crippen molar-refractivity contribution < 1.29 is 14.3 Å². The Morgan fingerprint density at radius 2 is 2.06 bits per heavy atom. The molecule has 16 heavy (non-hydrogen) atoms. The van der Waals surface area contributed by atoms with E-state index < -0.39 is 11.9 Å². The van der Waals surface area contributed by atoms with Crippen molar-refractivity contribution in [3.8, 4) is 5.75 Å². The Hall–Kier alpha value is -2.24. The molecule has 1 aliphatic rings. The van der Waals surface area contributed by atoms with E-state index >= 15 is 0 Å². The Labute approximate surface area is 91.7 Å². The quantitative estimate of drug-likeness (QED) is 0.576. The summed E-state index contributed by atoms with van der Waals surface area (Å²) in [7, 11) is 0. The number of carbonyl (C=O) groups excluding carboxylic acids is 2. The van der Waals surface area contributed by atoms with Gasteiger partial charge in [0.1, 0.15) is 18.3 Å². The lowest BCUT2D eigenvalue weighted by Crippen LogP contribution is -2.46. The second-order valence-electron chi connectivity index (χ2n) is 3.38. The van der Waals surface area contributed by atoms with Gasteiger partial charge in [-0.05, 0) is 6.07 Å². The average molecular weight is 221 g/mol. The number of amides is 3. The van der Waals surface area contributed by atoms with Crippen LogP contribution in [0, 0.1) is 0 Å². The molecule has 1 heterocycles. The minimum Gasteiger partial charge on any atom is -0.492 e. The number of rotatable bonds is 1. The molecule has 2 rings (SSSR count). The van der Waals surface area contributed by atoms with E-state index in [0.29, 0.717) is 5.75 Å². The molecule has 0 spiro atoms. The number of hydrogen-bond acceptors (Lipinski definition) is 3. The number of hydrazine groups is 1. The largest absolute Gasteiger partial charge is 0.492 e. The van der Waals surface area contributed by atoms with Crippen LogP contribution in [0.4, 0.5) is 4.79 Å². The van der Waals surface area contributed by atoms with Crippen molar-refractivity contribution in [1.82, 2.24) is 10.9 Å². The topological polar surface area (TPSA) is 93.5 Å². The zero-order chi connectivity index (χ0) is 11.5. The van der Waals surface area contributed by atoms with Gasteiger partial charge in [0, 0.05) is 5.56 Å². The molecule has 1 atom stereocenters. The summed E-state index contributed by atoms with van der Waals surface area (Å²) in [4.78, 5) is 22.1. The number of fused-ring (bicyclic) bond motifs is 1. The Morgan fingerprint density at radius 3 is 2.81 bits per heavy atom. The molecule has 1 unspecified atom stereocenters. The molecule has 0 fully saturated rings. The molecule has 6 heteroatoms. The first-order chi connectivity index (χ1) is 7.68. The highest BCUT2D eigenvalue weighted by atomic mass is 16.5. The van der Waals surface area contributed by atoms with Crippen LogP contribution in [0.2, 0.25) is 0 Å². The minimum absolute atomic E-state index is 0.269. The van der Waals surface area contributed by atoms with E-state index in [1.165, 1.54) is 0 Å². The van der Waals surface area contributed by atoms with Crippen molar-refractivity contribution in [2.45, 2.75) is 5.92 Å². The van der Waals surface area contributed by atoms with Crippen molar-refractivity contribution in [2.24, 2.45) is 5.73 Å². The Kier molecular flexibility index (Phi) is 2.63. The average Bonchev–Trinajstić information content (AvgIpc) is 2.69. The van der Waals surface area contributed by atoms with Crippen LogP contribution in [0.15, 0.2) is 24.3 Å². The monoisotopic (exact) mass is 221 g/mol. The first-order valence-corrected chi connectivity index (χ1v) is 4.75. The van der Waals surface area contributed by atoms with E-state index in [0.717, 1.165) is 5.56 Å². The molecule has 0 radical (unpaired) electrons. The van der Waals surface area contributed by atoms with Crippen LogP contribution in [0.25, 0.3) is 0 Å². The van der Waals surface area contributed by atoms with Crippen LogP contribution < -0.4 is 21.3 Å². The van der Waals surface area contributed by atoms with E-state index in [-0.39, 0.29) is 12.5 Å². The molecule has 6 nitrogen and oxygen atoms in total. The number of hydrogen-bond donors (Lipinski definition) is 3. The molecule has 0 saturated carbocycles. The van der Waals surface area contributed by atoms with Crippen molar-refractivity contribution >= 4 is 11.9 Å². The van der Waals surface area contributed by atoms with Gasteiger partial charge < -0.3 is 10.5 Å². The zero-order valence-electron chi connectivity index (χ0n) is 8.40. The highest BCUT2D eigenvalue weighted by Gasteiger charge is 2.29. The number of primary amides is 1. The van der Waals surface area contributed by atoms with Gasteiger partial charge in [-0.1, -0.05) is 18.2 Å². The summed E-state index contributed by atoms with van der Waals surface area (Å²) in [6.07, 6.45) is 0. The summed E-state index contributed by atoms with van der Waals surface area (Å²) in [5, 5.41) is 0. The highest BCUT2D eigenvalue weighted by Crippen LogP contribution is 2.33. The van der Waals surface area contributed by atoms with Gasteiger partial charge in [0.25, 0.3) is 0 Å². The minimum atomic E-state index is -0.805. The molecule has 0 bridgehead atoms. The lowest BCUT2D eigenvalue weighted by atomic mass is 10.0. The molecule has 0 aromatic heterocycles. The maximum absolute atomic E-state index is 11.7. The van der Waals surface area contributed by atoms with Gasteiger partial charge in [-0.15, -0.1) is 0 Å². The van der Waals surface area contributed by atoms with Gasteiger partial charge in [0.2, 0.25) is 5.91 Å². The lowest BCUT2D eigenvalue weighted by molar-refractivity contribution is -0.123. The van der Waals surface area contributed by atoms with Crippen molar-refractivity contribution in [2.75, 3.05) is 6.61 Å². The lowest BCUT2D eigenvalue weighted by Gasteiger charge is -2.09. The maximum Gasteiger partial charge on any atom is 0.330 e. The molecule has 3 amide bonds. The molecule has 1 aromatic rings. The maximum atomic E-state index is 11.7. The van der Waals surface area contributed by atoms with Crippen LogP contribution in [-0.4, -0.2) is 18.5 Å². The summed E-state index contributed by atoms with van der Waals surface area (Å²) >= 11 is 0. The molecule has 1 aliphatic heterocycles. The smallest absolute Gasteiger partial charge is 0.330 e. The standard InChI is InChI=1S/C10H11N3O3/c11-10(15)13-12-9(14)7-5-16-8-4-2-1-3-6(7)8/h1-4,7H,5H2,(H,12,14)(H3,11,13,15). The number of ether oxygens (including phenoxy) is 1. The van der Waals surface area contributed by atoms with Crippen LogP contribution in [0.5, 0.6) is 5.75 Å². The summed E-state index contributed by atoms with van der Waals surface area (Å²) < 4.78 is 5.33. The molecular weight excluding hydrogens is 210 g/mol. The van der Waals surface area contributed by atoms with E-state index in [4.69, 9.17) is 10.5 Å². The van der Waals surface area contributed by atoms with Crippen LogP contribution in [0.3, 0.4) is 0 Å². The van der Waals surface area contributed by atoms with Gasteiger partial charge in [-0.2, -0.15) is 0 Å². The number of nitrogens with one attached hydrogen (secondary N) is 2. The summed E-state index contributed by atoms with van der Waals surface area (Å²) in [6.45, 7) is 0.269. The number of carbonyl (C=O) groups is 2. The first-order valence-electron chi connectivity index (χ1n) is 4.75. The number of benzene rings is 1. The fourth-order valence-electron chi connectivity index (χ4n) is 1.59. The summed E-state index contributed by atoms with van der Waals surface area (Å²) in [6, 6.07) is 6.47. The number of urea groups is 1. The van der Waals surface area contributed by atoms with E-state index in [1.54, 1.807) is 6.07 Å². The number of nitrogens with two attached hydrogens (primary N) is 1. The molecule has 0 aliphatic carbocycles. The predicted octanol–water partition coefficient (Wildman–Crippen LogP) is -0.138. The third-order valence-electron chi connectivity index (χ3n) is 2.33. The van der Waals surface area contributed by atoms with Crippen molar-refractivity contribution in [3.05, 3.63) is 29.8 Å². The van der Waals surface area contributed by atoms with Crippen LogP contribution in [-0.2, 0) is 4.79 Å². The Bertz CT molecular complexity index is 433. The van der Waals surface area contributed by atoms with Gasteiger partial charge >= 0.3 is 6.03 Å². The fraction of sp³-hybridized carbons (Fsp3) is 0.200. The van der Waals surface area contributed by atoms with E-state index in [2.05, 4.69) is 5.43 Å². The van der Waals surface area contributed by atoms with Gasteiger partial charge in [-0.25, -0.2) is 10.2 Å². The number of para-hydroxylation sites is 1. The van der Waals surface area contributed by atoms with Crippen LogP contribution in [0.1, 0.15) is 11.5 Å².